The molecule has 0 saturated carbocycles. The largest absolute Gasteiger partial charge is 0.322 e. The second kappa shape index (κ2) is 8.16. The Kier molecular flexibility index (Phi) is 6.08. The quantitative estimate of drug-likeness (QED) is 0.730. The van der Waals surface area contributed by atoms with Crippen molar-refractivity contribution in [2.24, 2.45) is 0 Å². The van der Waals surface area contributed by atoms with Gasteiger partial charge in [0.1, 0.15) is 7.85 Å². The molecule has 1 atom stereocenters. The van der Waals surface area contributed by atoms with Gasteiger partial charge in [0, 0.05) is 22.3 Å². The number of carbonyl (C=O) groups is 1. The first-order valence-electron chi connectivity index (χ1n) is 8.98. The van der Waals surface area contributed by atoms with E-state index in [0.29, 0.717) is 17.8 Å². The van der Waals surface area contributed by atoms with Crippen molar-refractivity contribution >= 4 is 45.4 Å². The highest BCUT2D eigenvalue weighted by Gasteiger charge is 2.30. The van der Waals surface area contributed by atoms with Crippen molar-refractivity contribution in [1.82, 2.24) is 4.31 Å². The molecule has 1 aliphatic rings. The van der Waals surface area contributed by atoms with E-state index in [9.17, 15) is 13.2 Å². The number of carbonyl (C=O) groups excluding carboxylic acids is 1. The standard InChI is InChI=1S/C19H22BBrN2O3S/c1-13-12-14(5-10-17(13)21)19(24)22-15-6-8-16(9-7-15)27(25,26)23-11-3-2-4-18(23)20/h5-10,12,18H,2-4,11,20H2,1H3,(H,22,24). The second-order valence-electron chi connectivity index (χ2n) is 6.90. The average Bonchev–Trinajstić information content (AvgIpc) is 2.64. The SMILES string of the molecule is BC1CCCCN1S(=O)(=O)c1ccc(NC(=O)c2ccc(Br)c(C)c2)cc1. The van der Waals surface area contributed by atoms with E-state index in [2.05, 4.69) is 21.2 Å². The van der Waals surface area contributed by atoms with Crippen LogP contribution in [0.1, 0.15) is 35.2 Å². The molecule has 1 N–H and O–H groups in total. The number of nitrogens with zero attached hydrogens (tertiary/aromatic N) is 1. The molecule has 142 valence electrons. The van der Waals surface area contributed by atoms with Crippen LogP contribution in [-0.2, 0) is 10.0 Å². The third kappa shape index (κ3) is 4.44. The Morgan fingerprint density at radius 3 is 2.52 bits per heavy atom. The van der Waals surface area contributed by atoms with Gasteiger partial charge in [-0.2, -0.15) is 0 Å². The molecule has 1 unspecified atom stereocenters. The highest BCUT2D eigenvalue weighted by atomic mass is 79.9. The molecule has 27 heavy (non-hydrogen) atoms. The molecule has 0 aliphatic carbocycles. The fourth-order valence-electron chi connectivity index (χ4n) is 3.26. The highest BCUT2D eigenvalue weighted by Crippen LogP contribution is 2.25. The van der Waals surface area contributed by atoms with E-state index < -0.39 is 10.0 Å². The minimum atomic E-state index is -3.50. The number of hydrogen-bond donors (Lipinski definition) is 1. The van der Waals surface area contributed by atoms with Gasteiger partial charge in [0.25, 0.3) is 5.91 Å². The number of piperidine rings is 1. The minimum absolute atomic E-state index is 0.0174. The summed E-state index contributed by atoms with van der Waals surface area (Å²) >= 11 is 3.42. The summed E-state index contributed by atoms with van der Waals surface area (Å²) in [6.07, 6.45) is 2.85. The van der Waals surface area contributed by atoms with Crippen molar-refractivity contribution in [3.05, 3.63) is 58.1 Å². The van der Waals surface area contributed by atoms with E-state index in [1.54, 1.807) is 40.7 Å². The van der Waals surface area contributed by atoms with Gasteiger partial charge < -0.3 is 5.32 Å². The van der Waals surface area contributed by atoms with Gasteiger partial charge in [-0.15, -0.1) is 0 Å². The zero-order valence-electron chi connectivity index (χ0n) is 15.4. The Morgan fingerprint density at radius 2 is 1.89 bits per heavy atom. The molecule has 5 nitrogen and oxygen atoms in total. The molecule has 1 amide bonds. The Labute approximate surface area is 169 Å². The van der Waals surface area contributed by atoms with Crippen LogP contribution in [0.5, 0.6) is 0 Å². The lowest BCUT2D eigenvalue weighted by atomic mass is 9.88. The van der Waals surface area contributed by atoms with Gasteiger partial charge in [0.15, 0.2) is 0 Å². The molecule has 3 rings (SSSR count). The van der Waals surface area contributed by atoms with Gasteiger partial charge in [-0.25, -0.2) is 12.7 Å². The maximum atomic E-state index is 12.9. The van der Waals surface area contributed by atoms with E-state index in [1.165, 1.54) is 0 Å². The van der Waals surface area contributed by atoms with Crippen molar-refractivity contribution < 1.29 is 13.2 Å². The average molecular weight is 449 g/mol. The molecule has 1 fully saturated rings. The van der Waals surface area contributed by atoms with Gasteiger partial charge in [-0.3, -0.25) is 4.79 Å². The third-order valence-electron chi connectivity index (χ3n) is 4.88. The number of rotatable bonds is 4. The Balaban J connectivity index is 1.75. The summed E-state index contributed by atoms with van der Waals surface area (Å²) in [6, 6.07) is 11.7. The highest BCUT2D eigenvalue weighted by molar-refractivity contribution is 9.10. The fraction of sp³-hybridized carbons (Fsp3) is 0.316. The van der Waals surface area contributed by atoms with Crippen LogP contribution in [0.15, 0.2) is 51.8 Å². The van der Waals surface area contributed by atoms with E-state index in [4.69, 9.17) is 0 Å². The van der Waals surface area contributed by atoms with Crippen LogP contribution in [0.25, 0.3) is 0 Å². The maximum Gasteiger partial charge on any atom is 0.255 e. The molecule has 0 radical (unpaired) electrons. The molecular weight excluding hydrogens is 427 g/mol. The van der Waals surface area contributed by atoms with Gasteiger partial charge >= 0.3 is 0 Å². The van der Waals surface area contributed by atoms with Crippen LogP contribution in [0.4, 0.5) is 5.69 Å². The molecule has 1 heterocycles. The maximum absolute atomic E-state index is 12.9. The Hall–Kier alpha value is -1.64. The van der Waals surface area contributed by atoms with Crippen molar-refractivity contribution in [3.63, 3.8) is 0 Å². The number of nitrogens with one attached hydrogen (secondary N) is 1. The molecule has 0 aromatic heterocycles. The van der Waals surface area contributed by atoms with Gasteiger partial charge in [-0.05, 0) is 73.7 Å². The van der Waals surface area contributed by atoms with Crippen molar-refractivity contribution in [1.29, 1.82) is 0 Å². The summed E-state index contributed by atoms with van der Waals surface area (Å²) in [5.74, 6) is -0.213. The normalized spacial score (nSPS) is 18.2. The Morgan fingerprint density at radius 1 is 1.19 bits per heavy atom. The summed E-state index contributed by atoms with van der Waals surface area (Å²) in [6.45, 7) is 2.48. The Bertz CT molecular complexity index is 948. The molecule has 1 aliphatic heterocycles. The second-order valence-corrected chi connectivity index (χ2v) is 9.65. The summed E-state index contributed by atoms with van der Waals surface area (Å²) < 4.78 is 28.2. The summed E-state index contributed by atoms with van der Waals surface area (Å²) in [5, 5.41) is 2.81. The van der Waals surface area contributed by atoms with Crippen LogP contribution in [-0.4, -0.2) is 39.0 Å². The first-order chi connectivity index (χ1) is 12.8. The number of anilines is 1. The molecule has 0 bridgehead atoms. The first-order valence-corrected chi connectivity index (χ1v) is 11.2. The van der Waals surface area contributed by atoms with Crippen molar-refractivity contribution in [2.45, 2.75) is 37.0 Å². The molecule has 2 aromatic carbocycles. The number of benzene rings is 2. The lowest BCUT2D eigenvalue weighted by Crippen LogP contribution is -2.43. The van der Waals surface area contributed by atoms with Crippen LogP contribution in [0.2, 0.25) is 0 Å². The topological polar surface area (TPSA) is 66.5 Å². The number of halogens is 1. The summed E-state index contributed by atoms with van der Waals surface area (Å²) in [4.78, 5) is 12.7. The zero-order chi connectivity index (χ0) is 19.6. The van der Waals surface area contributed by atoms with E-state index >= 15 is 0 Å². The minimum Gasteiger partial charge on any atom is -0.322 e. The lowest BCUT2D eigenvalue weighted by molar-refractivity contribution is 0.102. The first kappa shape index (κ1) is 20.1. The van der Waals surface area contributed by atoms with E-state index in [0.717, 1.165) is 29.3 Å². The molecule has 0 spiro atoms. The molecular formula is C19H22BBrN2O3S. The van der Waals surface area contributed by atoms with Crippen LogP contribution in [0, 0.1) is 6.92 Å². The smallest absolute Gasteiger partial charge is 0.255 e. The monoisotopic (exact) mass is 448 g/mol. The number of sulfonamides is 1. The fourth-order valence-corrected chi connectivity index (χ4v) is 5.21. The van der Waals surface area contributed by atoms with E-state index in [-0.39, 0.29) is 16.7 Å². The van der Waals surface area contributed by atoms with Crippen LogP contribution in [0.3, 0.4) is 0 Å². The lowest BCUT2D eigenvalue weighted by Gasteiger charge is -2.32. The summed E-state index contributed by atoms with van der Waals surface area (Å²) in [7, 11) is -1.55. The summed E-state index contributed by atoms with van der Waals surface area (Å²) in [5.41, 5.74) is 2.08. The van der Waals surface area contributed by atoms with Crippen molar-refractivity contribution in [3.8, 4) is 0 Å². The van der Waals surface area contributed by atoms with Crippen LogP contribution >= 0.6 is 15.9 Å². The predicted molar refractivity (Wildman–Crippen MR) is 113 cm³/mol. The predicted octanol–water partition coefficient (Wildman–Crippen LogP) is 3.14. The molecule has 1 saturated heterocycles. The third-order valence-corrected chi connectivity index (χ3v) is 7.80. The molecule has 2 aromatic rings. The number of hydrogen-bond acceptors (Lipinski definition) is 3. The van der Waals surface area contributed by atoms with E-state index in [1.807, 2.05) is 20.8 Å². The van der Waals surface area contributed by atoms with Crippen molar-refractivity contribution in [2.75, 3.05) is 11.9 Å². The molecule has 8 heteroatoms. The number of amides is 1. The van der Waals surface area contributed by atoms with Gasteiger partial charge in [0.05, 0.1) is 4.90 Å². The zero-order valence-corrected chi connectivity index (χ0v) is 17.8. The number of aryl methyl sites for hydroxylation is 1. The van der Waals surface area contributed by atoms with Gasteiger partial charge in [-0.1, -0.05) is 22.4 Å². The van der Waals surface area contributed by atoms with Crippen LogP contribution < -0.4 is 5.32 Å². The van der Waals surface area contributed by atoms with Gasteiger partial charge in [0.2, 0.25) is 10.0 Å².